The zero-order valence-corrected chi connectivity index (χ0v) is 14.6. The van der Waals surface area contributed by atoms with E-state index in [2.05, 4.69) is 33.7 Å². The smallest absolute Gasteiger partial charge is 0.229 e. The molecule has 0 bridgehead atoms. The SMILES string of the molecule is CCN(CC)Sc1ccc2nnc(NCc3ccccc3F)n2c1. The molecule has 0 saturated carbocycles. The molecule has 2 heterocycles. The van der Waals surface area contributed by atoms with Crippen LogP contribution >= 0.6 is 11.9 Å². The number of nitrogens with zero attached hydrogens (tertiary/aromatic N) is 4. The number of hydrogen-bond donors (Lipinski definition) is 1. The predicted octanol–water partition coefficient (Wildman–Crippen LogP) is 3.83. The highest BCUT2D eigenvalue weighted by Gasteiger charge is 2.09. The lowest BCUT2D eigenvalue weighted by Gasteiger charge is -2.16. The summed E-state index contributed by atoms with van der Waals surface area (Å²) >= 11 is 1.70. The Labute approximate surface area is 145 Å². The van der Waals surface area contributed by atoms with Gasteiger partial charge in [0.2, 0.25) is 5.95 Å². The molecule has 0 atom stereocenters. The van der Waals surface area contributed by atoms with Crippen molar-refractivity contribution < 1.29 is 4.39 Å². The Morgan fingerprint density at radius 2 is 1.92 bits per heavy atom. The maximum Gasteiger partial charge on any atom is 0.229 e. The van der Waals surface area contributed by atoms with E-state index in [0.29, 0.717) is 18.1 Å². The van der Waals surface area contributed by atoms with Crippen LogP contribution in [0.15, 0.2) is 47.5 Å². The minimum atomic E-state index is -0.225. The summed E-state index contributed by atoms with van der Waals surface area (Å²) in [6.07, 6.45) is 2.00. The van der Waals surface area contributed by atoms with Gasteiger partial charge in [0.1, 0.15) is 5.82 Å². The van der Waals surface area contributed by atoms with Gasteiger partial charge in [-0.1, -0.05) is 32.0 Å². The molecule has 0 spiro atoms. The number of nitrogens with one attached hydrogen (secondary N) is 1. The highest BCUT2D eigenvalue weighted by Crippen LogP contribution is 2.23. The Kier molecular flexibility index (Phi) is 5.32. The molecule has 0 amide bonds. The molecule has 24 heavy (non-hydrogen) atoms. The molecule has 7 heteroatoms. The predicted molar refractivity (Wildman–Crippen MR) is 95.5 cm³/mol. The zero-order chi connectivity index (χ0) is 16.9. The van der Waals surface area contributed by atoms with Gasteiger partial charge in [0, 0.05) is 36.3 Å². The van der Waals surface area contributed by atoms with Gasteiger partial charge in [0.05, 0.1) is 0 Å². The van der Waals surface area contributed by atoms with Crippen molar-refractivity contribution in [2.75, 3.05) is 18.4 Å². The largest absolute Gasteiger partial charge is 0.350 e. The number of hydrogen-bond acceptors (Lipinski definition) is 5. The first kappa shape index (κ1) is 16.7. The first-order valence-electron chi connectivity index (χ1n) is 7.96. The summed E-state index contributed by atoms with van der Waals surface area (Å²) in [4.78, 5) is 1.11. The zero-order valence-electron chi connectivity index (χ0n) is 13.7. The van der Waals surface area contributed by atoms with Gasteiger partial charge in [-0.3, -0.25) is 4.40 Å². The van der Waals surface area contributed by atoms with Crippen molar-refractivity contribution in [1.82, 2.24) is 18.9 Å². The molecule has 0 aliphatic rings. The van der Waals surface area contributed by atoms with Crippen LogP contribution in [-0.4, -0.2) is 32.0 Å². The number of rotatable bonds is 7. The quantitative estimate of drug-likeness (QED) is 0.660. The second-order valence-corrected chi connectivity index (χ2v) is 6.44. The summed E-state index contributed by atoms with van der Waals surface area (Å²) < 4.78 is 17.9. The molecule has 1 N–H and O–H groups in total. The van der Waals surface area contributed by atoms with Crippen LogP contribution in [0, 0.1) is 5.82 Å². The van der Waals surface area contributed by atoms with Crippen LogP contribution in [-0.2, 0) is 6.54 Å². The lowest BCUT2D eigenvalue weighted by Crippen LogP contribution is -2.13. The van der Waals surface area contributed by atoms with Crippen molar-refractivity contribution in [1.29, 1.82) is 0 Å². The number of benzene rings is 1. The molecule has 0 aliphatic carbocycles. The number of fused-ring (bicyclic) bond motifs is 1. The first-order valence-corrected chi connectivity index (χ1v) is 8.73. The van der Waals surface area contributed by atoms with Crippen molar-refractivity contribution in [3.63, 3.8) is 0 Å². The number of halogens is 1. The average molecular weight is 345 g/mol. The van der Waals surface area contributed by atoms with Crippen molar-refractivity contribution in [2.45, 2.75) is 25.3 Å². The van der Waals surface area contributed by atoms with E-state index in [1.807, 2.05) is 28.8 Å². The highest BCUT2D eigenvalue weighted by molar-refractivity contribution is 7.97. The molecular formula is C17H20FN5S. The Balaban J connectivity index is 1.79. The van der Waals surface area contributed by atoms with Gasteiger partial charge in [-0.2, -0.15) is 0 Å². The Morgan fingerprint density at radius 3 is 2.67 bits per heavy atom. The van der Waals surface area contributed by atoms with Gasteiger partial charge in [-0.05, 0) is 30.1 Å². The molecular weight excluding hydrogens is 325 g/mol. The molecule has 0 unspecified atom stereocenters. The van der Waals surface area contributed by atoms with E-state index in [1.165, 1.54) is 6.07 Å². The summed E-state index contributed by atoms with van der Waals surface area (Å²) in [7, 11) is 0. The maximum atomic E-state index is 13.7. The van der Waals surface area contributed by atoms with Crippen molar-refractivity contribution in [3.05, 3.63) is 54.0 Å². The monoisotopic (exact) mass is 345 g/mol. The fourth-order valence-corrected chi connectivity index (χ4v) is 3.20. The van der Waals surface area contributed by atoms with Gasteiger partial charge < -0.3 is 5.32 Å². The standard InChI is InChI=1S/C17H20FN5S/c1-3-22(4-2)24-14-9-10-16-20-21-17(23(16)12-14)19-11-13-7-5-6-8-15(13)18/h5-10,12H,3-4,11H2,1-2H3,(H,19,21). The highest BCUT2D eigenvalue weighted by atomic mass is 32.2. The fraction of sp³-hybridized carbons (Fsp3) is 0.294. The molecule has 3 rings (SSSR count). The lowest BCUT2D eigenvalue weighted by molar-refractivity contribution is 0.525. The average Bonchev–Trinajstić information content (AvgIpc) is 3.01. The molecule has 3 aromatic rings. The molecule has 5 nitrogen and oxygen atoms in total. The fourth-order valence-electron chi connectivity index (χ4n) is 2.36. The molecule has 0 fully saturated rings. The van der Waals surface area contributed by atoms with Crippen LogP contribution in [0.2, 0.25) is 0 Å². The van der Waals surface area contributed by atoms with Crippen LogP contribution in [0.3, 0.4) is 0 Å². The van der Waals surface area contributed by atoms with Crippen molar-refractivity contribution in [2.24, 2.45) is 0 Å². The molecule has 1 aromatic carbocycles. The third kappa shape index (κ3) is 3.68. The van der Waals surface area contributed by atoms with E-state index in [1.54, 1.807) is 24.1 Å². The lowest BCUT2D eigenvalue weighted by atomic mass is 10.2. The van der Waals surface area contributed by atoms with E-state index < -0.39 is 0 Å². The number of aromatic nitrogens is 3. The molecule has 0 radical (unpaired) electrons. The summed E-state index contributed by atoms with van der Waals surface area (Å²) in [5.74, 6) is 0.381. The Hall–Kier alpha value is -2.12. The topological polar surface area (TPSA) is 45.5 Å². The van der Waals surface area contributed by atoms with Gasteiger partial charge in [0.15, 0.2) is 5.65 Å². The van der Waals surface area contributed by atoms with E-state index in [9.17, 15) is 4.39 Å². The third-order valence-corrected chi connectivity index (χ3v) is 4.94. The van der Waals surface area contributed by atoms with Crippen LogP contribution in [0.25, 0.3) is 5.65 Å². The summed E-state index contributed by atoms with van der Waals surface area (Å²) in [5.41, 5.74) is 1.36. The summed E-state index contributed by atoms with van der Waals surface area (Å²) in [5, 5.41) is 11.5. The van der Waals surface area contributed by atoms with Crippen LogP contribution in [0.1, 0.15) is 19.4 Å². The Morgan fingerprint density at radius 1 is 1.12 bits per heavy atom. The third-order valence-electron chi connectivity index (χ3n) is 3.71. The van der Waals surface area contributed by atoms with Crippen LogP contribution in [0.5, 0.6) is 0 Å². The normalized spacial score (nSPS) is 11.3. The maximum absolute atomic E-state index is 13.7. The van der Waals surface area contributed by atoms with Gasteiger partial charge >= 0.3 is 0 Å². The van der Waals surface area contributed by atoms with Crippen LogP contribution in [0.4, 0.5) is 10.3 Å². The summed E-state index contributed by atoms with van der Waals surface area (Å²) in [6.45, 7) is 6.57. The minimum Gasteiger partial charge on any atom is -0.350 e. The summed E-state index contributed by atoms with van der Waals surface area (Å²) in [6, 6.07) is 10.7. The second-order valence-electron chi connectivity index (χ2n) is 5.27. The number of pyridine rings is 1. The molecule has 0 aliphatic heterocycles. The molecule has 0 saturated heterocycles. The van der Waals surface area contributed by atoms with E-state index in [-0.39, 0.29) is 5.82 Å². The van der Waals surface area contributed by atoms with Gasteiger partial charge in [0.25, 0.3) is 0 Å². The van der Waals surface area contributed by atoms with Gasteiger partial charge in [-0.15, -0.1) is 10.2 Å². The van der Waals surface area contributed by atoms with Gasteiger partial charge in [-0.25, -0.2) is 8.70 Å². The minimum absolute atomic E-state index is 0.225. The van der Waals surface area contributed by atoms with Crippen LogP contribution < -0.4 is 5.32 Å². The van der Waals surface area contributed by atoms with E-state index >= 15 is 0 Å². The first-order chi connectivity index (χ1) is 11.7. The molecule has 2 aromatic heterocycles. The number of anilines is 1. The van der Waals surface area contributed by atoms with E-state index in [0.717, 1.165) is 23.6 Å². The molecule has 126 valence electrons. The van der Waals surface area contributed by atoms with Crippen molar-refractivity contribution >= 4 is 23.5 Å². The second kappa shape index (κ2) is 7.63. The Bertz CT molecular complexity index is 816. The van der Waals surface area contributed by atoms with E-state index in [4.69, 9.17) is 0 Å². The van der Waals surface area contributed by atoms with Crippen molar-refractivity contribution in [3.8, 4) is 0 Å².